The smallest absolute Gasteiger partial charge is 0.263 e. The van der Waals surface area contributed by atoms with Crippen LogP contribution in [-0.4, -0.2) is 30.9 Å². The van der Waals surface area contributed by atoms with Crippen LogP contribution in [0.2, 0.25) is 0 Å². The van der Waals surface area contributed by atoms with Gasteiger partial charge in [0.2, 0.25) is 0 Å². The van der Waals surface area contributed by atoms with Crippen LogP contribution in [0, 0.1) is 0 Å². The van der Waals surface area contributed by atoms with Gasteiger partial charge in [0.05, 0.1) is 0 Å². The molecule has 0 bridgehead atoms. The number of hydrogen-bond acceptors (Lipinski definition) is 6. The van der Waals surface area contributed by atoms with E-state index in [2.05, 4.69) is 51.5 Å². The zero-order valence-corrected chi connectivity index (χ0v) is 14.5. The van der Waals surface area contributed by atoms with Crippen LogP contribution in [0.4, 0.5) is 5.82 Å². The van der Waals surface area contributed by atoms with Crippen LogP contribution in [0.15, 0.2) is 54.5 Å². The molecule has 25 heavy (non-hydrogen) atoms. The van der Waals surface area contributed by atoms with Crippen molar-refractivity contribution in [2.24, 2.45) is 0 Å². The fourth-order valence-electron chi connectivity index (χ4n) is 2.33. The average molecular weight is 354 g/mol. The van der Waals surface area contributed by atoms with Crippen LogP contribution in [0.5, 0.6) is 0 Å². The SMILES string of the molecule is CC1=CC(c2ncn(/C=C\C(=O)NNc3ccccn3)n2)=CC(S)C1. The van der Waals surface area contributed by atoms with E-state index in [0.717, 1.165) is 12.0 Å². The number of rotatable bonds is 5. The van der Waals surface area contributed by atoms with Crippen LogP contribution in [0.25, 0.3) is 11.8 Å². The van der Waals surface area contributed by atoms with Crippen LogP contribution >= 0.6 is 12.6 Å². The van der Waals surface area contributed by atoms with Crippen molar-refractivity contribution in [1.29, 1.82) is 0 Å². The van der Waals surface area contributed by atoms with Gasteiger partial charge in [0, 0.05) is 29.3 Å². The van der Waals surface area contributed by atoms with Crippen molar-refractivity contribution in [3.05, 3.63) is 60.3 Å². The first kappa shape index (κ1) is 17.0. The van der Waals surface area contributed by atoms with E-state index >= 15 is 0 Å². The summed E-state index contributed by atoms with van der Waals surface area (Å²) >= 11 is 4.50. The lowest BCUT2D eigenvalue weighted by Crippen LogP contribution is -2.28. The Kier molecular flexibility index (Phi) is 5.30. The highest BCUT2D eigenvalue weighted by atomic mass is 32.1. The first-order valence-corrected chi connectivity index (χ1v) is 8.25. The molecule has 1 unspecified atom stereocenters. The van der Waals surface area contributed by atoms with Gasteiger partial charge >= 0.3 is 0 Å². The van der Waals surface area contributed by atoms with Crippen molar-refractivity contribution < 1.29 is 4.79 Å². The molecule has 8 heteroatoms. The van der Waals surface area contributed by atoms with Gasteiger partial charge in [0.15, 0.2) is 5.82 Å². The third kappa shape index (κ3) is 4.80. The summed E-state index contributed by atoms with van der Waals surface area (Å²) in [5, 5.41) is 4.52. The zero-order chi connectivity index (χ0) is 17.6. The lowest BCUT2D eigenvalue weighted by Gasteiger charge is -2.13. The van der Waals surface area contributed by atoms with Crippen molar-refractivity contribution in [2.45, 2.75) is 18.6 Å². The van der Waals surface area contributed by atoms with Gasteiger partial charge in [-0.2, -0.15) is 12.6 Å². The van der Waals surface area contributed by atoms with E-state index in [4.69, 9.17) is 0 Å². The Bertz CT molecular complexity index is 840. The molecule has 1 amide bonds. The standard InChI is InChI=1S/C17H18N6OS/c1-12-8-13(10-14(25)9-12)17-19-11-23(22-17)7-5-16(24)21-20-15-4-2-3-6-18-15/h2-8,10-11,14,25H,9H2,1H3,(H,18,20)(H,21,24)/b7-5-. The highest BCUT2D eigenvalue weighted by Crippen LogP contribution is 2.25. The predicted octanol–water partition coefficient (Wildman–Crippen LogP) is 2.32. The molecule has 2 heterocycles. The molecule has 2 aromatic rings. The number of nitrogens with zero attached hydrogens (tertiary/aromatic N) is 4. The number of pyridine rings is 1. The molecule has 0 saturated carbocycles. The number of carbonyl (C=O) groups excluding carboxylic acids is 1. The molecule has 0 radical (unpaired) electrons. The molecule has 1 aliphatic carbocycles. The molecule has 0 spiro atoms. The highest BCUT2D eigenvalue weighted by Gasteiger charge is 2.13. The summed E-state index contributed by atoms with van der Waals surface area (Å²) < 4.78 is 1.49. The van der Waals surface area contributed by atoms with Gasteiger partial charge in [0.1, 0.15) is 12.1 Å². The Labute approximate surface area is 150 Å². The second-order valence-corrected chi connectivity index (χ2v) is 6.24. The van der Waals surface area contributed by atoms with Crippen LogP contribution in [0.1, 0.15) is 19.2 Å². The van der Waals surface area contributed by atoms with E-state index < -0.39 is 0 Å². The summed E-state index contributed by atoms with van der Waals surface area (Å²) in [6.45, 7) is 2.06. The number of allylic oxidation sites excluding steroid dienone is 3. The first-order valence-electron chi connectivity index (χ1n) is 7.74. The Balaban J connectivity index is 1.59. The highest BCUT2D eigenvalue weighted by molar-refractivity contribution is 7.81. The fourth-order valence-corrected chi connectivity index (χ4v) is 2.78. The molecule has 0 saturated heterocycles. The summed E-state index contributed by atoms with van der Waals surface area (Å²) in [7, 11) is 0. The molecule has 128 valence electrons. The van der Waals surface area contributed by atoms with Gasteiger partial charge in [-0.25, -0.2) is 14.6 Å². The second-order valence-electron chi connectivity index (χ2n) is 5.58. The van der Waals surface area contributed by atoms with Crippen molar-refractivity contribution in [2.75, 3.05) is 5.43 Å². The summed E-state index contributed by atoms with van der Waals surface area (Å²) in [6.07, 6.45) is 11.1. The number of nitrogens with one attached hydrogen (secondary N) is 2. The third-order valence-corrected chi connectivity index (χ3v) is 3.76. The number of carbonyl (C=O) groups is 1. The predicted molar refractivity (Wildman–Crippen MR) is 100 cm³/mol. The number of anilines is 1. The number of thiol groups is 1. The quantitative estimate of drug-likeness (QED) is 0.436. The topological polar surface area (TPSA) is 84.7 Å². The maximum atomic E-state index is 11.8. The van der Waals surface area contributed by atoms with E-state index in [9.17, 15) is 4.79 Å². The minimum atomic E-state index is -0.328. The van der Waals surface area contributed by atoms with E-state index in [0.29, 0.717) is 11.6 Å². The van der Waals surface area contributed by atoms with Crippen molar-refractivity contribution >= 4 is 36.1 Å². The zero-order valence-electron chi connectivity index (χ0n) is 13.6. The molecule has 0 aromatic carbocycles. The third-order valence-electron chi connectivity index (χ3n) is 3.43. The van der Waals surface area contributed by atoms with Gasteiger partial charge in [-0.1, -0.05) is 23.8 Å². The molecule has 7 nitrogen and oxygen atoms in total. The van der Waals surface area contributed by atoms with E-state index in [1.807, 2.05) is 12.1 Å². The lowest BCUT2D eigenvalue weighted by atomic mass is 10.00. The Morgan fingerprint density at radius 3 is 3.04 bits per heavy atom. The van der Waals surface area contributed by atoms with Gasteiger partial charge in [-0.15, -0.1) is 5.10 Å². The molecular weight excluding hydrogens is 336 g/mol. The van der Waals surface area contributed by atoms with Crippen molar-refractivity contribution in [1.82, 2.24) is 25.2 Å². The molecule has 0 fully saturated rings. The number of aromatic nitrogens is 4. The van der Waals surface area contributed by atoms with Gasteiger partial charge in [0.25, 0.3) is 5.91 Å². The monoisotopic (exact) mass is 354 g/mol. The summed E-state index contributed by atoms with van der Waals surface area (Å²) in [6, 6.07) is 5.36. The average Bonchev–Trinajstić information content (AvgIpc) is 3.07. The summed E-state index contributed by atoms with van der Waals surface area (Å²) in [4.78, 5) is 20.1. The van der Waals surface area contributed by atoms with E-state index in [-0.39, 0.29) is 11.2 Å². The molecule has 3 rings (SSSR count). The maximum absolute atomic E-state index is 11.8. The van der Waals surface area contributed by atoms with E-state index in [1.165, 1.54) is 22.5 Å². The lowest BCUT2D eigenvalue weighted by molar-refractivity contribution is -0.116. The number of hydrazine groups is 1. The van der Waals surface area contributed by atoms with Crippen LogP contribution in [-0.2, 0) is 4.79 Å². The molecule has 1 atom stereocenters. The van der Waals surface area contributed by atoms with Gasteiger partial charge in [-0.05, 0) is 25.5 Å². The molecule has 1 aliphatic rings. The molecule has 0 aliphatic heterocycles. The molecule has 2 N–H and O–H groups in total. The van der Waals surface area contributed by atoms with Crippen LogP contribution < -0.4 is 10.9 Å². The normalized spacial score (nSPS) is 17.1. The second kappa shape index (κ2) is 7.80. The summed E-state index contributed by atoms with van der Waals surface area (Å²) in [5.74, 6) is 0.834. The van der Waals surface area contributed by atoms with Crippen molar-refractivity contribution in [3.8, 4) is 0 Å². The van der Waals surface area contributed by atoms with Gasteiger partial charge in [-0.3, -0.25) is 15.6 Å². The maximum Gasteiger partial charge on any atom is 0.263 e. The van der Waals surface area contributed by atoms with Gasteiger partial charge < -0.3 is 0 Å². The Hall–Kier alpha value is -2.87. The molecular formula is C17H18N6OS. The van der Waals surface area contributed by atoms with Crippen LogP contribution in [0.3, 0.4) is 0 Å². The largest absolute Gasteiger partial charge is 0.282 e. The Morgan fingerprint density at radius 1 is 1.40 bits per heavy atom. The number of amides is 1. The van der Waals surface area contributed by atoms with E-state index in [1.54, 1.807) is 24.7 Å². The first-order chi connectivity index (χ1) is 12.1. The fraction of sp³-hybridized carbons (Fsp3) is 0.176. The number of hydrogen-bond donors (Lipinski definition) is 3. The minimum absolute atomic E-state index is 0.172. The molecule has 2 aromatic heterocycles. The summed E-state index contributed by atoms with van der Waals surface area (Å²) in [5.41, 5.74) is 7.42. The Morgan fingerprint density at radius 2 is 2.28 bits per heavy atom. The van der Waals surface area contributed by atoms with Crippen molar-refractivity contribution in [3.63, 3.8) is 0 Å². The minimum Gasteiger partial charge on any atom is -0.282 e.